The van der Waals surface area contributed by atoms with Gasteiger partial charge in [-0.3, -0.25) is 4.98 Å². The van der Waals surface area contributed by atoms with Gasteiger partial charge in [0.2, 0.25) is 0 Å². The van der Waals surface area contributed by atoms with Gasteiger partial charge in [-0.25, -0.2) is 0 Å². The Kier molecular flexibility index (Phi) is 5.61. The molecule has 1 fully saturated rings. The number of ether oxygens (including phenoxy) is 1. The summed E-state index contributed by atoms with van der Waals surface area (Å²) in [6.07, 6.45) is 1.94. The molecule has 4 nitrogen and oxygen atoms in total. The van der Waals surface area contributed by atoms with Gasteiger partial charge in [0.1, 0.15) is 11.9 Å². The first-order chi connectivity index (χ1) is 13.5. The number of rotatable bonds is 5. The number of hydrogen-bond acceptors (Lipinski definition) is 5. The van der Waals surface area contributed by atoms with E-state index in [1.165, 1.54) is 0 Å². The monoisotopic (exact) mass is 416 g/mol. The molecule has 1 aliphatic rings. The molecule has 3 aromatic rings. The Labute approximate surface area is 174 Å². The highest BCUT2D eigenvalue weighted by atomic mass is 35.5. The van der Waals surface area contributed by atoms with Crippen LogP contribution in [0.25, 0.3) is 21.3 Å². The molecule has 1 saturated heterocycles. The number of pyridine rings is 1. The van der Waals surface area contributed by atoms with E-state index in [-0.39, 0.29) is 12.7 Å². The van der Waals surface area contributed by atoms with E-state index in [0.717, 1.165) is 50.6 Å². The Bertz CT molecular complexity index is 1000. The highest BCUT2D eigenvalue weighted by molar-refractivity contribution is 7.19. The SMILES string of the molecule is Cc1cc(Cl)cc(-c2ccnc3cc(CO)sc23)c1O[C@@H]1CNCC1C(C)C. The molecule has 148 valence electrons. The zero-order chi connectivity index (χ0) is 19.8. The molecule has 0 bridgehead atoms. The lowest BCUT2D eigenvalue weighted by atomic mass is 9.92. The van der Waals surface area contributed by atoms with Crippen LogP contribution in [0.4, 0.5) is 0 Å². The van der Waals surface area contributed by atoms with E-state index in [4.69, 9.17) is 16.3 Å². The van der Waals surface area contributed by atoms with Crippen LogP contribution in [0, 0.1) is 18.8 Å². The average molecular weight is 417 g/mol. The highest BCUT2D eigenvalue weighted by Gasteiger charge is 2.32. The molecule has 0 spiro atoms. The largest absolute Gasteiger partial charge is 0.488 e. The van der Waals surface area contributed by atoms with Gasteiger partial charge in [-0.2, -0.15) is 0 Å². The molecule has 3 heterocycles. The van der Waals surface area contributed by atoms with Crippen LogP contribution in [-0.2, 0) is 6.61 Å². The third-order valence-electron chi connectivity index (χ3n) is 5.48. The van der Waals surface area contributed by atoms with Crippen LogP contribution in [0.1, 0.15) is 24.3 Å². The number of nitrogens with zero attached hydrogens (tertiary/aromatic N) is 1. The Morgan fingerprint density at radius 2 is 2.11 bits per heavy atom. The van der Waals surface area contributed by atoms with Gasteiger partial charge in [-0.1, -0.05) is 25.4 Å². The summed E-state index contributed by atoms with van der Waals surface area (Å²) in [4.78, 5) is 5.36. The maximum atomic E-state index is 9.54. The third-order valence-corrected chi connectivity index (χ3v) is 6.84. The predicted octanol–water partition coefficient (Wildman–Crippen LogP) is 5.04. The summed E-state index contributed by atoms with van der Waals surface area (Å²) in [6.45, 7) is 8.39. The Morgan fingerprint density at radius 1 is 1.29 bits per heavy atom. The van der Waals surface area contributed by atoms with E-state index in [9.17, 15) is 5.11 Å². The molecule has 2 atom stereocenters. The second-order valence-corrected chi connectivity index (χ2v) is 9.34. The zero-order valence-corrected chi connectivity index (χ0v) is 17.9. The topological polar surface area (TPSA) is 54.4 Å². The summed E-state index contributed by atoms with van der Waals surface area (Å²) in [5.41, 5.74) is 3.94. The smallest absolute Gasteiger partial charge is 0.130 e. The fraction of sp³-hybridized carbons (Fsp3) is 0.409. The molecule has 28 heavy (non-hydrogen) atoms. The van der Waals surface area contributed by atoms with Crippen molar-refractivity contribution in [3.63, 3.8) is 0 Å². The number of nitrogens with one attached hydrogen (secondary N) is 1. The normalized spacial score (nSPS) is 19.6. The van der Waals surface area contributed by atoms with Crippen LogP contribution in [0.3, 0.4) is 0 Å². The Morgan fingerprint density at radius 3 is 2.86 bits per heavy atom. The first kappa shape index (κ1) is 19.6. The van der Waals surface area contributed by atoms with E-state index in [1.807, 2.05) is 31.2 Å². The molecule has 6 heteroatoms. The number of benzene rings is 1. The number of thiophene rings is 1. The second kappa shape index (κ2) is 7.99. The second-order valence-electron chi connectivity index (χ2n) is 7.77. The van der Waals surface area contributed by atoms with Gasteiger partial charge in [0.15, 0.2) is 0 Å². The summed E-state index contributed by atoms with van der Waals surface area (Å²) >= 11 is 8.00. The van der Waals surface area contributed by atoms with Crippen LogP contribution in [0.5, 0.6) is 5.75 Å². The fourth-order valence-electron chi connectivity index (χ4n) is 3.98. The number of aliphatic hydroxyl groups is 1. The van der Waals surface area contributed by atoms with Gasteiger partial charge in [0.05, 0.1) is 16.8 Å². The number of aliphatic hydroxyl groups excluding tert-OH is 1. The maximum Gasteiger partial charge on any atom is 0.130 e. The van der Waals surface area contributed by atoms with Crippen molar-refractivity contribution in [2.24, 2.45) is 11.8 Å². The molecule has 0 radical (unpaired) electrons. The summed E-state index contributed by atoms with van der Waals surface area (Å²) in [5.74, 6) is 1.91. The van der Waals surface area contributed by atoms with Gasteiger partial charge < -0.3 is 15.2 Å². The summed E-state index contributed by atoms with van der Waals surface area (Å²) in [5, 5.41) is 13.7. The number of hydrogen-bond donors (Lipinski definition) is 2. The quantitative estimate of drug-likeness (QED) is 0.611. The van der Waals surface area contributed by atoms with E-state index in [1.54, 1.807) is 17.5 Å². The molecule has 0 amide bonds. The van der Waals surface area contributed by atoms with Crippen molar-refractivity contribution in [1.29, 1.82) is 0 Å². The summed E-state index contributed by atoms with van der Waals surface area (Å²) < 4.78 is 7.66. The van der Waals surface area contributed by atoms with Crippen molar-refractivity contribution in [1.82, 2.24) is 10.3 Å². The van der Waals surface area contributed by atoms with Gasteiger partial charge in [0.25, 0.3) is 0 Å². The fourth-order valence-corrected chi connectivity index (χ4v) is 5.26. The zero-order valence-electron chi connectivity index (χ0n) is 16.3. The number of fused-ring (bicyclic) bond motifs is 1. The number of aromatic nitrogens is 1. The van der Waals surface area contributed by atoms with Crippen LogP contribution in [0.2, 0.25) is 5.02 Å². The lowest BCUT2D eigenvalue weighted by molar-refractivity contribution is 0.146. The summed E-state index contributed by atoms with van der Waals surface area (Å²) in [6, 6.07) is 7.88. The predicted molar refractivity (Wildman–Crippen MR) is 116 cm³/mol. The first-order valence-corrected chi connectivity index (χ1v) is 10.8. The molecule has 0 saturated carbocycles. The van der Waals surface area contributed by atoms with E-state index < -0.39 is 0 Å². The molecule has 1 aromatic carbocycles. The van der Waals surface area contributed by atoms with Crippen molar-refractivity contribution in [3.8, 4) is 16.9 Å². The van der Waals surface area contributed by atoms with Crippen molar-refractivity contribution < 1.29 is 9.84 Å². The lowest BCUT2D eigenvalue weighted by Gasteiger charge is -2.26. The molecule has 0 aliphatic carbocycles. The average Bonchev–Trinajstić information content (AvgIpc) is 3.29. The molecule has 2 N–H and O–H groups in total. The standard InChI is InChI=1S/C22H25ClN2O2S/c1-12(2)18-9-24-10-20(18)27-21-13(3)6-14(23)7-17(21)16-4-5-25-19-8-15(11-26)28-22(16)19/h4-8,12,18,20,24,26H,9-11H2,1-3H3/t18?,20-/m1/s1. The minimum atomic E-state index is 0.0161. The Balaban J connectivity index is 1.83. The number of aryl methyl sites for hydroxylation is 1. The van der Waals surface area contributed by atoms with Crippen LogP contribution in [0.15, 0.2) is 30.5 Å². The molecule has 4 rings (SSSR count). The highest BCUT2D eigenvalue weighted by Crippen LogP contribution is 2.42. The van der Waals surface area contributed by atoms with Gasteiger partial charge in [0, 0.05) is 46.2 Å². The molecule has 1 aliphatic heterocycles. The molecular weight excluding hydrogens is 392 g/mol. The van der Waals surface area contributed by atoms with Gasteiger partial charge >= 0.3 is 0 Å². The van der Waals surface area contributed by atoms with E-state index in [2.05, 4.69) is 24.1 Å². The van der Waals surface area contributed by atoms with Crippen molar-refractivity contribution >= 4 is 33.2 Å². The van der Waals surface area contributed by atoms with Crippen molar-refractivity contribution in [2.45, 2.75) is 33.5 Å². The van der Waals surface area contributed by atoms with E-state index in [0.29, 0.717) is 16.9 Å². The minimum Gasteiger partial charge on any atom is -0.488 e. The van der Waals surface area contributed by atoms with Crippen LogP contribution in [-0.4, -0.2) is 29.3 Å². The maximum absolute atomic E-state index is 9.54. The summed E-state index contributed by atoms with van der Waals surface area (Å²) in [7, 11) is 0. The number of halogens is 1. The molecule has 2 aromatic heterocycles. The third kappa shape index (κ3) is 3.64. The van der Waals surface area contributed by atoms with Crippen molar-refractivity contribution in [3.05, 3.63) is 45.9 Å². The minimum absolute atomic E-state index is 0.0161. The molecular formula is C22H25ClN2O2S. The Hall–Kier alpha value is -1.66. The van der Waals surface area contributed by atoms with Gasteiger partial charge in [-0.15, -0.1) is 11.3 Å². The van der Waals surface area contributed by atoms with E-state index >= 15 is 0 Å². The van der Waals surface area contributed by atoms with Crippen LogP contribution < -0.4 is 10.1 Å². The van der Waals surface area contributed by atoms with Gasteiger partial charge in [-0.05, 0) is 42.7 Å². The lowest BCUT2D eigenvalue weighted by Crippen LogP contribution is -2.29. The van der Waals surface area contributed by atoms with Crippen molar-refractivity contribution in [2.75, 3.05) is 13.1 Å². The molecule has 1 unspecified atom stereocenters. The first-order valence-electron chi connectivity index (χ1n) is 9.64. The van der Waals surface area contributed by atoms with Crippen LogP contribution >= 0.6 is 22.9 Å².